The summed E-state index contributed by atoms with van der Waals surface area (Å²) in [5.74, 6) is 0.921. The van der Waals surface area contributed by atoms with Crippen molar-refractivity contribution in [2.45, 2.75) is 38.8 Å². The van der Waals surface area contributed by atoms with E-state index in [0.717, 1.165) is 43.8 Å². The van der Waals surface area contributed by atoms with Crippen LogP contribution in [0.2, 0.25) is 0 Å². The van der Waals surface area contributed by atoms with Gasteiger partial charge in [-0.05, 0) is 61.2 Å². The highest BCUT2D eigenvalue weighted by Gasteiger charge is 2.31. The molecule has 0 radical (unpaired) electrons. The summed E-state index contributed by atoms with van der Waals surface area (Å²) in [4.78, 5) is 13.9. The lowest BCUT2D eigenvalue weighted by molar-refractivity contribution is -0.121. The number of benzene rings is 2. The number of nitrogens with zero attached hydrogens (tertiary/aromatic N) is 1. The molecular formula is C22H28N2O2. The van der Waals surface area contributed by atoms with E-state index in [-0.39, 0.29) is 11.4 Å². The first kappa shape index (κ1) is 18.5. The van der Waals surface area contributed by atoms with Crippen LogP contribution in [0.4, 0.5) is 0 Å². The summed E-state index contributed by atoms with van der Waals surface area (Å²) >= 11 is 0. The maximum absolute atomic E-state index is 11.5. The van der Waals surface area contributed by atoms with Crippen LogP contribution in [0.15, 0.2) is 48.5 Å². The first-order chi connectivity index (χ1) is 12.5. The molecule has 138 valence electrons. The van der Waals surface area contributed by atoms with Crippen LogP contribution in [0.3, 0.4) is 0 Å². The van der Waals surface area contributed by atoms with Crippen LogP contribution < -0.4 is 10.1 Å². The topological polar surface area (TPSA) is 41.6 Å². The molecule has 0 bridgehead atoms. The minimum absolute atomic E-state index is 0.0503. The number of likely N-dealkylation sites (tertiary alicyclic amines) is 1. The number of amides is 1. The molecule has 4 nitrogen and oxygen atoms in total. The molecule has 0 aromatic heterocycles. The predicted octanol–water partition coefficient (Wildman–Crippen LogP) is 3.85. The molecule has 2 aromatic carbocycles. The number of methoxy groups -OCH3 is 1. The van der Waals surface area contributed by atoms with Crippen molar-refractivity contribution in [1.82, 2.24) is 10.2 Å². The molecule has 3 rings (SSSR count). The molecule has 1 heterocycles. The molecule has 0 saturated carbocycles. The van der Waals surface area contributed by atoms with Crippen molar-refractivity contribution >= 4 is 5.91 Å². The molecule has 1 N–H and O–H groups in total. The van der Waals surface area contributed by atoms with Gasteiger partial charge in [0.05, 0.1) is 7.11 Å². The summed E-state index contributed by atoms with van der Waals surface area (Å²) in [7, 11) is 1.69. The average molecular weight is 352 g/mol. The van der Waals surface area contributed by atoms with Crippen LogP contribution in [0.5, 0.6) is 5.75 Å². The fourth-order valence-corrected chi connectivity index (χ4v) is 3.92. The van der Waals surface area contributed by atoms with Crippen molar-refractivity contribution in [3.05, 3.63) is 54.1 Å². The largest absolute Gasteiger partial charge is 0.497 e. The minimum atomic E-state index is -0.130. The molecular weight excluding hydrogens is 324 g/mol. The molecule has 1 aliphatic rings. The minimum Gasteiger partial charge on any atom is -0.497 e. The average Bonchev–Trinajstić information content (AvgIpc) is 2.61. The second-order valence-electron chi connectivity index (χ2n) is 7.49. The van der Waals surface area contributed by atoms with E-state index < -0.39 is 0 Å². The maximum atomic E-state index is 11.5. The van der Waals surface area contributed by atoms with Crippen LogP contribution >= 0.6 is 0 Å². The van der Waals surface area contributed by atoms with E-state index in [9.17, 15) is 4.79 Å². The van der Waals surface area contributed by atoms with E-state index in [1.807, 2.05) is 12.1 Å². The standard InChI is InChI=1S/C22H28N2O2/c1-17(25)23-22(2)11-6-12-24(16-22)15-18-7-4-8-19(13-18)20-9-5-10-21(14-20)26-3/h4-5,7-10,13-14H,6,11-12,15-16H2,1-3H3,(H,23,25). The highest BCUT2D eigenvalue weighted by atomic mass is 16.5. The van der Waals surface area contributed by atoms with Crippen LogP contribution in [0.25, 0.3) is 11.1 Å². The second-order valence-corrected chi connectivity index (χ2v) is 7.49. The number of piperidine rings is 1. The Labute approximate surface area is 156 Å². The third-order valence-corrected chi connectivity index (χ3v) is 4.99. The number of carbonyl (C=O) groups excluding carboxylic acids is 1. The molecule has 0 spiro atoms. The maximum Gasteiger partial charge on any atom is 0.217 e. The van der Waals surface area contributed by atoms with Gasteiger partial charge in [-0.1, -0.05) is 30.3 Å². The number of hydrogen-bond acceptors (Lipinski definition) is 3. The molecule has 26 heavy (non-hydrogen) atoms. The van der Waals surface area contributed by atoms with Gasteiger partial charge in [-0.3, -0.25) is 9.69 Å². The monoisotopic (exact) mass is 352 g/mol. The summed E-state index contributed by atoms with van der Waals surface area (Å²) in [6, 6.07) is 16.8. The van der Waals surface area contributed by atoms with E-state index in [2.05, 4.69) is 53.5 Å². The van der Waals surface area contributed by atoms with Crippen LogP contribution in [-0.2, 0) is 11.3 Å². The van der Waals surface area contributed by atoms with E-state index in [4.69, 9.17) is 4.74 Å². The van der Waals surface area contributed by atoms with Crippen molar-refractivity contribution in [2.75, 3.05) is 20.2 Å². The van der Waals surface area contributed by atoms with Crippen LogP contribution in [0, 0.1) is 0 Å². The lowest BCUT2D eigenvalue weighted by atomic mass is 9.90. The Morgan fingerprint density at radius 3 is 2.65 bits per heavy atom. The Morgan fingerprint density at radius 2 is 1.92 bits per heavy atom. The number of hydrogen-bond donors (Lipinski definition) is 1. The van der Waals surface area contributed by atoms with E-state index in [1.54, 1.807) is 14.0 Å². The number of carbonyl (C=O) groups is 1. The van der Waals surface area contributed by atoms with Gasteiger partial charge in [0, 0.05) is 25.6 Å². The molecule has 1 amide bonds. The van der Waals surface area contributed by atoms with Crippen molar-refractivity contribution in [3.8, 4) is 16.9 Å². The molecule has 2 aromatic rings. The van der Waals surface area contributed by atoms with Crippen LogP contribution in [-0.4, -0.2) is 36.5 Å². The van der Waals surface area contributed by atoms with Gasteiger partial charge in [0.15, 0.2) is 0 Å². The summed E-state index contributed by atoms with van der Waals surface area (Å²) in [6.07, 6.45) is 2.14. The molecule has 1 atom stereocenters. The fourth-order valence-electron chi connectivity index (χ4n) is 3.92. The predicted molar refractivity (Wildman–Crippen MR) is 105 cm³/mol. The normalized spacial score (nSPS) is 20.6. The van der Waals surface area contributed by atoms with Gasteiger partial charge in [0.1, 0.15) is 5.75 Å². The Bertz CT molecular complexity index is 774. The second kappa shape index (κ2) is 7.92. The lowest BCUT2D eigenvalue weighted by Gasteiger charge is -2.41. The van der Waals surface area contributed by atoms with Gasteiger partial charge in [0.25, 0.3) is 0 Å². The zero-order valence-electron chi connectivity index (χ0n) is 15.9. The van der Waals surface area contributed by atoms with E-state index in [0.29, 0.717) is 0 Å². The first-order valence-electron chi connectivity index (χ1n) is 9.22. The smallest absolute Gasteiger partial charge is 0.217 e. The third-order valence-electron chi connectivity index (χ3n) is 4.99. The Kier molecular flexibility index (Phi) is 5.62. The highest BCUT2D eigenvalue weighted by molar-refractivity contribution is 5.73. The summed E-state index contributed by atoms with van der Waals surface area (Å²) in [5, 5.41) is 3.13. The molecule has 1 aliphatic heterocycles. The van der Waals surface area contributed by atoms with Crippen molar-refractivity contribution in [1.29, 1.82) is 0 Å². The van der Waals surface area contributed by atoms with Gasteiger partial charge < -0.3 is 10.1 Å². The molecule has 0 aliphatic carbocycles. The number of rotatable bonds is 5. The zero-order chi connectivity index (χ0) is 18.6. The van der Waals surface area contributed by atoms with Crippen molar-refractivity contribution in [2.24, 2.45) is 0 Å². The summed E-state index contributed by atoms with van der Waals surface area (Å²) in [6.45, 7) is 6.59. The van der Waals surface area contributed by atoms with E-state index >= 15 is 0 Å². The number of nitrogens with one attached hydrogen (secondary N) is 1. The molecule has 4 heteroatoms. The SMILES string of the molecule is COc1cccc(-c2cccc(CN3CCCC(C)(NC(C)=O)C3)c2)c1. The van der Waals surface area contributed by atoms with Gasteiger partial charge in [-0.15, -0.1) is 0 Å². The zero-order valence-corrected chi connectivity index (χ0v) is 15.9. The number of ether oxygens (including phenoxy) is 1. The van der Waals surface area contributed by atoms with Gasteiger partial charge in [-0.25, -0.2) is 0 Å². The fraction of sp³-hybridized carbons (Fsp3) is 0.409. The highest BCUT2D eigenvalue weighted by Crippen LogP contribution is 2.26. The summed E-state index contributed by atoms with van der Waals surface area (Å²) < 4.78 is 5.34. The third kappa shape index (κ3) is 4.64. The lowest BCUT2D eigenvalue weighted by Crippen LogP contribution is -2.56. The molecule has 1 unspecified atom stereocenters. The van der Waals surface area contributed by atoms with Gasteiger partial charge >= 0.3 is 0 Å². The molecule has 1 saturated heterocycles. The molecule has 1 fully saturated rings. The van der Waals surface area contributed by atoms with Crippen LogP contribution in [0.1, 0.15) is 32.3 Å². The van der Waals surface area contributed by atoms with Gasteiger partial charge in [-0.2, -0.15) is 0 Å². The van der Waals surface area contributed by atoms with Crippen molar-refractivity contribution in [3.63, 3.8) is 0 Å². The Hall–Kier alpha value is -2.33. The quantitative estimate of drug-likeness (QED) is 0.889. The Balaban J connectivity index is 1.73. The van der Waals surface area contributed by atoms with E-state index in [1.165, 1.54) is 11.1 Å². The van der Waals surface area contributed by atoms with Gasteiger partial charge in [0.2, 0.25) is 5.91 Å². The Morgan fingerprint density at radius 1 is 1.19 bits per heavy atom. The first-order valence-corrected chi connectivity index (χ1v) is 9.22. The van der Waals surface area contributed by atoms with Crippen molar-refractivity contribution < 1.29 is 9.53 Å². The summed E-state index contributed by atoms with van der Waals surface area (Å²) in [5.41, 5.74) is 3.52.